The summed E-state index contributed by atoms with van der Waals surface area (Å²) in [5.41, 5.74) is 0.648. The first-order valence-corrected chi connectivity index (χ1v) is 3.32. The average Bonchev–Trinajstić information content (AvgIpc) is 2.49. The quantitative estimate of drug-likeness (QED) is 0.467. The van der Waals surface area contributed by atoms with E-state index in [1.807, 2.05) is 0 Å². The van der Waals surface area contributed by atoms with Gasteiger partial charge in [0.05, 0.1) is 0 Å². The molecule has 0 spiro atoms. The third kappa shape index (κ3) is 0.954. The molecule has 0 radical (unpaired) electrons. The molecule has 0 amide bonds. The van der Waals surface area contributed by atoms with Crippen LogP contribution in [0, 0.1) is 0 Å². The molecule has 0 unspecified atom stereocenters. The van der Waals surface area contributed by atoms with E-state index in [9.17, 15) is 0 Å². The van der Waals surface area contributed by atoms with E-state index >= 15 is 0 Å². The highest BCUT2D eigenvalue weighted by Crippen LogP contribution is 1.92. The Balaban J connectivity index is 2.73. The van der Waals surface area contributed by atoms with Crippen molar-refractivity contribution in [2.24, 2.45) is 0 Å². The smallest absolute Gasteiger partial charge is 0.423 e. The molecule has 2 aromatic heterocycles. The normalized spacial score (nSPS) is 10.5. The highest BCUT2D eigenvalue weighted by atomic mass is 16.4. The Morgan fingerprint density at radius 1 is 1.42 bits per heavy atom. The Labute approximate surface area is 67.6 Å². The second-order valence-electron chi connectivity index (χ2n) is 2.28. The first kappa shape index (κ1) is 7.20. The van der Waals surface area contributed by atoms with E-state index in [0.717, 1.165) is 0 Å². The maximum Gasteiger partial charge on any atom is 0.492 e. The molecule has 0 saturated carbocycles. The van der Waals surface area contributed by atoms with Crippen molar-refractivity contribution in [3.63, 3.8) is 0 Å². The Bertz CT molecular complexity index is 401. The van der Waals surface area contributed by atoms with E-state index in [1.54, 1.807) is 18.3 Å². The second-order valence-corrected chi connectivity index (χ2v) is 2.28. The van der Waals surface area contributed by atoms with Crippen molar-refractivity contribution in [2.45, 2.75) is 0 Å². The van der Waals surface area contributed by atoms with Gasteiger partial charge in [0.15, 0.2) is 5.65 Å². The lowest BCUT2D eigenvalue weighted by Crippen LogP contribution is -2.31. The molecule has 2 aromatic rings. The first-order valence-electron chi connectivity index (χ1n) is 3.32. The molecule has 2 heterocycles. The number of aromatic nitrogens is 4. The van der Waals surface area contributed by atoms with Crippen LogP contribution in [-0.4, -0.2) is 37.2 Å². The number of hydrogen-bond donors (Lipinski definition) is 2. The van der Waals surface area contributed by atoms with E-state index in [4.69, 9.17) is 10.0 Å². The van der Waals surface area contributed by atoms with E-state index < -0.39 is 7.12 Å². The Morgan fingerprint density at radius 2 is 2.25 bits per heavy atom. The summed E-state index contributed by atoms with van der Waals surface area (Å²) in [6, 6.07) is 3.19. The molecule has 6 nitrogen and oxygen atoms in total. The van der Waals surface area contributed by atoms with Crippen LogP contribution < -0.4 is 5.46 Å². The van der Waals surface area contributed by atoms with Gasteiger partial charge in [0.1, 0.15) is 0 Å². The molecule has 12 heavy (non-hydrogen) atoms. The Kier molecular flexibility index (Phi) is 1.52. The van der Waals surface area contributed by atoms with Crippen LogP contribution in [0.5, 0.6) is 0 Å². The monoisotopic (exact) mass is 164 g/mol. The lowest BCUT2D eigenvalue weighted by atomic mass is 9.81. The molecule has 0 aliphatic rings. The summed E-state index contributed by atoms with van der Waals surface area (Å²) in [5, 5.41) is 28.4. The average molecular weight is 164 g/mol. The van der Waals surface area contributed by atoms with E-state index in [-0.39, 0.29) is 0 Å². The zero-order valence-electron chi connectivity index (χ0n) is 5.99. The van der Waals surface area contributed by atoms with E-state index in [0.29, 0.717) is 11.1 Å². The van der Waals surface area contributed by atoms with Crippen molar-refractivity contribution in [2.75, 3.05) is 0 Å². The highest BCUT2D eigenvalue weighted by Gasteiger charge is 2.16. The summed E-state index contributed by atoms with van der Waals surface area (Å²) in [5.74, 6) is 0. The van der Waals surface area contributed by atoms with Crippen molar-refractivity contribution < 1.29 is 10.0 Å². The molecule has 2 rings (SSSR count). The molecule has 0 aromatic carbocycles. The fourth-order valence-corrected chi connectivity index (χ4v) is 0.988. The van der Waals surface area contributed by atoms with Gasteiger partial charge in [-0.2, -0.15) is 0 Å². The topological polar surface area (TPSA) is 83.5 Å². The SMILES string of the molecule is OB(O)c1cccn2nnnc12. The van der Waals surface area contributed by atoms with E-state index in [2.05, 4.69) is 15.5 Å². The van der Waals surface area contributed by atoms with Gasteiger partial charge < -0.3 is 10.0 Å². The molecule has 0 saturated heterocycles. The Hall–Kier alpha value is -1.47. The van der Waals surface area contributed by atoms with Crippen molar-refractivity contribution >= 4 is 18.2 Å². The fraction of sp³-hybridized carbons (Fsp3) is 0. The summed E-state index contributed by atoms with van der Waals surface area (Å²) >= 11 is 0. The van der Waals surface area contributed by atoms with Crippen LogP contribution in [0.2, 0.25) is 0 Å². The van der Waals surface area contributed by atoms with Crippen LogP contribution in [0.25, 0.3) is 5.65 Å². The molecule has 0 aliphatic carbocycles. The van der Waals surface area contributed by atoms with Crippen molar-refractivity contribution in [3.05, 3.63) is 18.3 Å². The lowest BCUT2D eigenvalue weighted by Gasteiger charge is -1.97. The highest BCUT2D eigenvalue weighted by molar-refractivity contribution is 6.60. The number of tetrazole rings is 1. The fourth-order valence-electron chi connectivity index (χ4n) is 0.988. The summed E-state index contributed by atoms with van der Waals surface area (Å²) in [7, 11) is -1.54. The van der Waals surface area contributed by atoms with Crippen LogP contribution in [0.15, 0.2) is 18.3 Å². The van der Waals surface area contributed by atoms with Gasteiger partial charge in [0.2, 0.25) is 0 Å². The minimum Gasteiger partial charge on any atom is -0.423 e. The lowest BCUT2D eigenvalue weighted by molar-refractivity contribution is 0.426. The van der Waals surface area contributed by atoms with Crippen LogP contribution in [0.3, 0.4) is 0 Å². The minimum absolute atomic E-state index is 0.294. The number of nitrogens with zero attached hydrogens (tertiary/aromatic N) is 4. The summed E-state index contributed by atoms with van der Waals surface area (Å²) in [4.78, 5) is 0. The summed E-state index contributed by atoms with van der Waals surface area (Å²) in [6.45, 7) is 0. The zero-order chi connectivity index (χ0) is 8.55. The predicted octanol–water partition coefficient (Wildman–Crippen LogP) is -2.20. The third-order valence-corrected chi connectivity index (χ3v) is 1.53. The van der Waals surface area contributed by atoms with Crippen LogP contribution in [0.1, 0.15) is 0 Å². The largest absolute Gasteiger partial charge is 0.492 e. The molecule has 60 valence electrons. The molecule has 0 fully saturated rings. The van der Waals surface area contributed by atoms with Crippen LogP contribution >= 0.6 is 0 Å². The van der Waals surface area contributed by atoms with Crippen LogP contribution in [-0.2, 0) is 0 Å². The van der Waals surface area contributed by atoms with Gasteiger partial charge in [-0.15, -0.1) is 5.10 Å². The molecule has 2 N–H and O–H groups in total. The number of fused-ring (bicyclic) bond motifs is 1. The van der Waals surface area contributed by atoms with Crippen molar-refractivity contribution in [1.29, 1.82) is 0 Å². The third-order valence-electron chi connectivity index (χ3n) is 1.53. The molecular weight excluding hydrogens is 159 g/mol. The van der Waals surface area contributed by atoms with Gasteiger partial charge in [-0.25, -0.2) is 4.52 Å². The molecule has 0 aliphatic heterocycles. The predicted molar refractivity (Wildman–Crippen MR) is 40.6 cm³/mol. The second kappa shape index (κ2) is 2.54. The minimum atomic E-state index is -1.54. The molecule has 0 atom stereocenters. The van der Waals surface area contributed by atoms with Gasteiger partial charge in [-0.05, 0) is 16.5 Å². The van der Waals surface area contributed by atoms with Gasteiger partial charge in [0, 0.05) is 11.7 Å². The van der Waals surface area contributed by atoms with Gasteiger partial charge in [-0.3, -0.25) is 0 Å². The number of pyridine rings is 1. The van der Waals surface area contributed by atoms with Gasteiger partial charge in [-0.1, -0.05) is 6.07 Å². The number of rotatable bonds is 1. The first-order chi connectivity index (χ1) is 5.79. The van der Waals surface area contributed by atoms with Gasteiger partial charge >= 0.3 is 7.12 Å². The standard InChI is InChI=1S/C5H5BN4O2/c11-6(12)4-2-1-3-10-5(4)7-8-9-10/h1-3,11-12H. The van der Waals surface area contributed by atoms with Gasteiger partial charge in [0.25, 0.3) is 0 Å². The summed E-state index contributed by atoms with van der Waals surface area (Å²) < 4.78 is 1.37. The molecule has 7 heteroatoms. The van der Waals surface area contributed by atoms with E-state index in [1.165, 1.54) is 4.52 Å². The maximum atomic E-state index is 8.89. The molecular formula is C5H5BN4O2. The molecule has 0 bridgehead atoms. The van der Waals surface area contributed by atoms with Crippen molar-refractivity contribution in [3.8, 4) is 0 Å². The summed E-state index contributed by atoms with van der Waals surface area (Å²) in [6.07, 6.45) is 1.63. The van der Waals surface area contributed by atoms with Crippen LogP contribution in [0.4, 0.5) is 0 Å². The zero-order valence-corrected chi connectivity index (χ0v) is 5.99. The number of hydrogen-bond acceptors (Lipinski definition) is 5. The Morgan fingerprint density at radius 3 is 3.00 bits per heavy atom. The maximum absolute atomic E-state index is 8.89. The van der Waals surface area contributed by atoms with Crippen molar-refractivity contribution in [1.82, 2.24) is 20.0 Å².